The van der Waals surface area contributed by atoms with Crippen molar-refractivity contribution in [2.24, 2.45) is 0 Å². The van der Waals surface area contributed by atoms with E-state index in [1.807, 2.05) is 146 Å². The van der Waals surface area contributed by atoms with Crippen LogP contribution in [0.3, 0.4) is 0 Å². The Morgan fingerprint density at radius 3 is 0.537 bits per heavy atom. The van der Waals surface area contributed by atoms with Gasteiger partial charge in [0.1, 0.15) is 46.0 Å². The van der Waals surface area contributed by atoms with Gasteiger partial charge in [-0.2, -0.15) is 0 Å². The highest BCUT2D eigenvalue weighted by molar-refractivity contribution is 6.01. The number of esters is 4. The Labute approximate surface area is 807 Å². The van der Waals surface area contributed by atoms with Crippen LogP contribution in [0, 0.1) is 0 Å². The largest absolute Gasteiger partial charge is 0.494 e. The molecule has 714 valence electrons. The number of ether oxygens (including phenoxy) is 8. The standard InChI is InChI=1S/C120H142N4O12/c1-5-9-13-17-21-25-29-33-37-41-85-129-97-61-53-93(54-62-97)117(125)133-101-69-45-89(46-70-101)113-105-77-79-107(121-105)114(90-47-71-102(72-48-90)134-118(126)94-55-63-98(64-56-94)130-86-42-38-34-30-26-22-18-14-10-6-2)109-81-83-111(123-109)116(92-51-75-104(76-52-92)136-120(128)96-59-67-100(68-60-96)132-88-44-40-36-32-28-24-20-16-12-8-4)112-84-82-110(124-112)115(108-80-78-106(113)122-108)91-49-73-103(74-50-91)135-119(127)95-57-65-99(66-58-95)131-87-43-39-35-31-27-23-19-15-11-7-3/h45-84,121,124H,5-44,85-88H2,1-4H3. The summed E-state index contributed by atoms with van der Waals surface area (Å²) in [5.74, 6) is 2.22. The highest BCUT2D eigenvalue weighted by atomic mass is 16.5. The fraction of sp³-hybridized carbons (Fsp3) is 0.400. The molecule has 0 atom stereocenters. The first kappa shape index (κ1) is 101. The van der Waals surface area contributed by atoms with E-state index in [4.69, 9.17) is 47.9 Å². The van der Waals surface area contributed by atoms with E-state index in [-0.39, 0.29) is 0 Å². The quantitative estimate of drug-likeness (QED) is 0.0207. The van der Waals surface area contributed by atoms with Crippen molar-refractivity contribution in [2.75, 3.05) is 26.4 Å². The number of unbranched alkanes of at least 4 members (excludes halogenated alkanes) is 36. The predicted molar refractivity (Wildman–Crippen MR) is 556 cm³/mol. The average Bonchev–Trinajstić information content (AvgIpc) is 1.61. The SMILES string of the molecule is CCCCCCCCCCCCOc1ccc(C(=O)Oc2ccc(-c3c4nc(c(-c5ccc(OC(=O)c6ccc(OCCCCCCCCCCCC)cc6)cc5)c5ccc([nH]5)c(-c5ccc(OC(=O)c6ccc(OCCCCCCCCCCCC)cc6)cc5)c5nc(c(-c6ccc(OC(=O)c7ccc(OCCCCCCCCCCCC)cc7)cc6)c6ccc3[nH]6)C=C5)C=C4)cc2)cc1. The predicted octanol–water partition coefficient (Wildman–Crippen LogP) is 33.4. The van der Waals surface area contributed by atoms with Crippen LogP contribution in [0.1, 0.15) is 349 Å². The van der Waals surface area contributed by atoms with Crippen LogP contribution in [0.2, 0.25) is 0 Å². The number of benzene rings is 8. The molecule has 0 radical (unpaired) electrons. The third kappa shape index (κ3) is 31.8. The molecule has 2 aliphatic rings. The summed E-state index contributed by atoms with van der Waals surface area (Å²) in [6.45, 7) is 11.5. The fourth-order valence-electron chi connectivity index (χ4n) is 17.7. The second-order valence-electron chi connectivity index (χ2n) is 36.4. The molecule has 3 aromatic heterocycles. The monoisotopic (exact) mass is 1830 g/mol. The molecule has 2 aliphatic heterocycles. The highest BCUT2D eigenvalue weighted by Crippen LogP contribution is 2.41. The number of aromatic nitrogens is 4. The van der Waals surface area contributed by atoms with Gasteiger partial charge in [-0.15, -0.1) is 0 Å². The number of hydrogen-bond acceptors (Lipinski definition) is 14. The second kappa shape index (κ2) is 56.1. The molecule has 0 aliphatic carbocycles. The van der Waals surface area contributed by atoms with E-state index >= 15 is 0 Å². The third-order valence-corrected chi connectivity index (χ3v) is 25.6. The molecule has 13 rings (SSSR count). The number of H-pyrrole nitrogens is 2. The summed E-state index contributed by atoms with van der Waals surface area (Å²) in [4.78, 5) is 74.6. The summed E-state index contributed by atoms with van der Waals surface area (Å²) in [5, 5.41) is 0. The number of nitrogens with zero attached hydrogens (tertiary/aromatic N) is 2. The molecule has 5 heterocycles. The average molecular weight is 1830 g/mol. The molecule has 0 spiro atoms. The number of rotatable bonds is 60. The summed E-state index contributed by atoms with van der Waals surface area (Å²) >= 11 is 0. The van der Waals surface area contributed by atoms with Crippen LogP contribution in [0.25, 0.3) is 90.9 Å². The van der Waals surface area contributed by atoms with Crippen LogP contribution in [0.4, 0.5) is 0 Å². The summed E-state index contributed by atoms with van der Waals surface area (Å²) in [5.41, 5.74) is 13.0. The number of hydrogen-bond donors (Lipinski definition) is 2. The van der Waals surface area contributed by atoms with E-state index in [1.165, 1.54) is 205 Å². The van der Waals surface area contributed by atoms with E-state index in [9.17, 15) is 19.2 Å². The Kier molecular flexibility index (Phi) is 41.6. The van der Waals surface area contributed by atoms with Gasteiger partial charge in [0, 0.05) is 44.3 Å². The molecule has 2 N–H and O–H groups in total. The molecule has 136 heavy (non-hydrogen) atoms. The number of carbonyl (C=O) groups excluding carboxylic acids is 4. The summed E-state index contributed by atoms with van der Waals surface area (Å²) in [7, 11) is 0. The van der Waals surface area contributed by atoms with E-state index in [0.29, 0.717) is 140 Å². The van der Waals surface area contributed by atoms with Gasteiger partial charge in [-0.3, -0.25) is 0 Å². The maximum atomic E-state index is 13.9. The first-order valence-corrected chi connectivity index (χ1v) is 51.4. The lowest BCUT2D eigenvalue weighted by Gasteiger charge is -2.10. The summed E-state index contributed by atoms with van der Waals surface area (Å²) in [6, 6.07) is 66.4. The van der Waals surface area contributed by atoms with Crippen molar-refractivity contribution in [1.29, 1.82) is 0 Å². The molecular weight excluding hydrogens is 1690 g/mol. The lowest BCUT2D eigenvalue weighted by molar-refractivity contribution is 0.0725. The topological polar surface area (TPSA) is 199 Å². The second-order valence-corrected chi connectivity index (χ2v) is 36.4. The van der Waals surface area contributed by atoms with Gasteiger partial charge in [0.2, 0.25) is 0 Å². The smallest absolute Gasteiger partial charge is 0.343 e. The van der Waals surface area contributed by atoms with Gasteiger partial charge in [-0.1, -0.05) is 307 Å². The van der Waals surface area contributed by atoms with Crippen molar-refractivity contribution in [2.45, 2.75) is 285 Å². The first-order valence-electron chi connectivity index (χ1n) is 51.4. The van der Waals surface area contributed by atoms with E-state index in [1.54, 1.807) is 97.1 Å². The van der Waals surface area contributed by atoms with Crippen molar-refractivity contribution in [3.63, 3.8) is 0 Å². The Bertz CT molecular complexity index is 5040. The minimum atomic E-state index is -0.503. The lowest BCUT2D eigenvalue weighted by Crippen LogP contribution is -2.08. The van der Waals surface area contributed by atoms with E-state index < -0.39 is 23.9 Å². The third-order valence-electron chi connectivity index (χ3n) is 25.6. The zero-order chi connectivity index (χ0) is 94.4. The molecule has 11 aromatic rings. The van der Waals surface area contributed by atoms with E-state index in [2.05, 4.69) is 37.7 Å². The normalized spacial score (nSPS) is 11.6. The van der Waals surface area contributed by atoms with Gasteiger partial charge in [0.15, 0.2) is 0 Å². The highest BCUT2D eigenvalue weighted by Gasteiger charge is 2.23. The van der Waals surface area contributed by atoms with Crippen molar-refractivity contribution in [1.82, 2.24) is 19.9 Å². The van der Waals surface area contributed by atoms with E-state index in [0.717, 1.165) is 95.9 Å². The lowest BCUT2D eigenvalue weighted by atomic mass is 10.0. The van der Waals surface area contributed by atoms with Gasteiger partial charge >= 0.3 is 23.9 Å². The van der Waals surface area contributed by atoms with Gasteiger partial charge in [0.25, 0.3) is 0 Å². The molecule has 0 saturated heterocycles. The summed E-state index contributed by atoms with van der Waals surface area (Å²) in [6.07, 6.45) is 57.8. The van der Waals surface area contributed by atoms with Crippen molar-refractivity contribution < 1.29 is 57.1 Å². The number of fused-ring (bicyclic) bond motifs is 8. The Morgan fingerprint density at radius 2 is 0.360 bits per heavy atom. The molecule has 8 aromatic carbocycles. The van der Waals surface area contributed by atoms with Gasteiger partial charge in [-0.05, 0) is 242 Å². The van der Waals surface area contributed by atoms with Crippen LogP contribution in [-0.4, -0.2) is 70.2 Å². The molecule has 16 nitrogen and oxygen atoms in total. The molecule has 0 fully saturated rings. The Hall–Kier alpha value is -12.6. The zero-order valence-corrected chi connectivity index (χ0v) is 81.0. The maximum absolute atomic E-state index is 13.9. The molecule has 0 amide bonds. The maximum Gasteiger partial charge on any atom is 0.343 e. The molecule has 8 bridgehead atoms. The van der Waals surface area contributed by atoms with Gasteiger partial charge < -0.3 is 47.9 Å². The molecule has 0 saturated carbocycles. The van der Waals surface area contributed by atoms with Crippen LogP contribution in [-0.2, 0) is 0 Å². The minimum absolute atomic E-state index is 0.352. The van der Waals surface area contributed by atoms with Crippen LogP contribution < -0.4 is 37.9 Å². The number of aromatic amines is 2. The van der Waals surface area contributed by atoms with Crippen LogP contribution in [0.5, 0.6) is 46.0 Å². The Balaban J connectivity index is 0.803. The zero-order valence-electron chi connectivity index (χ0n) is 81.0. The first-order chi connectivity index (χ1) is 67.0. The Morgan fingerprint density at radius 1 is 0.199 bits per heavy atom. The molecular formula is C120H142N4O12. The van der Waals surface area contributed by atoms with Crippen molar-refractivity contribution in [3.05, 3.63) is 263 Å². The molecule has 0 unspecified atom stereocenters. The van der Waals surface area contributed by atoms with Gasteiger partial charge in [-0.25, -0.2) is 29.1 Å². The van der Waals surface area contributed by atoms with Crippen LogP contribution >= 0.6 is 0 Å². The van der Waals surface area contributed by atoms with Crippen LogP contribution in [0.15, 0.2) is 218 Å². The minimum Gasteiger partial charge on any atom is -0.494 e. The van der Waals surface area contributed by atoms with Crippen molar-refractivity contribution in [3.8, 4) is 90.5 Å². The van der Waals surface area contributed by atoms with Gasteiger partial charge in [0.05, 0.1) is 71.5 Å². The number of nitrogens with one attached hydrogen (secondary N) is 2. The fourth-order valence-corrected chi connectivity index (χ4v) is 17.7. The van der Waals surface area contributed by atoms with Crippen molar-refractivity contribution >= 4 is 70.2 Å². The summed E-state index contributed by atoms with van der Waals surface area (Å²) < 4.78 is 48.8. The molecule has 16 heteroatoms. The number of carbonyl (C=O) groups is 4.